The molecule has 3 N–H and O–H groups in total. The Balaban J connectivity index is 0.000000321. The van der Waals surface area contributed by atoms with Gasteiger partial charge in [-0.1, -0.05) is 11.3 Å². The predicted molar refractivity (Wildman–Crippen MR) is 175 cm³/mol. The maximum Gasteiger partial charge on any atom is 0.270 e. The lowest BCUT2D eigenvalue weighted by Crippen LogP contribution is -2.51. The first-order chi connectivity index (χ1) is 23.1. The topological polar surface area (TPSA) is 125 Å². The van der Waals surface area contributed by atoms with Crippen molar-refractivity contribution in [3.63, 3.8) is 0 Å². The van der Waals surface area contributed by atoms with Crippen molar-refractivity contribution in [2.24, 2.45) is 0 Å². The molecule has 3 aromatic heterocycles. The second kappa shape index (κ2) is 11.6. The van der Waals surface area contributed by atoms with Gasteiger partial charge in [-0.2, -0.15) is 5.26 Å². The van der Waals surface area contributed by atoms with E-state index in [0.29, 0.717) is 31.4 Å². The summed E-state index contributed by atoms with van der Waals surface area (Å²) in [6.07, 6.45) is 4.22. The van der Waals surface area contributed by atoms with E-state index in [-0.39, 0.29) is 61.0 Å². The Morgan fingerprint density at radius 1 is 1.17 bits per heavy atom. The van der Waals surface area contributed by atoms with Crippen molar-refractivity contribution in [1.29, 1.82) is 5.26 Å². The summed E-state index contributed by atoms with van der Waals surface area (Å²) in [6, 6.07) is 5.84. The Labute approximate surface area is 277 Å². The highest BCUT2D eigenvalue weighted by molar-refractivity contribution is 7.22. The van der Waals surface area contributed by atoms with Crippen LogP contribution >= 0.6 is 11.3 Å². The first kappa shape index (κ1) is 31.3. The number of benzene rings is 1. The Bertz CT molecular complexity index is 2020. The SMILES string of the molecule is COc1nc2cc(-c3ccc(F)c4sc(N)nc34)n(C3CC3(F)F)c(=O)c2c(N2CC3CCC(C2)N3)c1C#N.FC1CC2CCCN2C1. The van der Waals surface area contributed by atoms with Crippen LogP contribution < -0.4 is 26.2 Å². The first-order valence-electron chi connectivity index (χ1n) is 16.3. The third-order valence-electron chi connectivity index (χ3n) is 10.3. The van der Waals surface area contributed by atoms with Gasteiger partial charge in [-0.3, -0.25) is 14.3 Å². The smallest absolute Gasteiger partial charge is 0.270 e. The van der Waals surface area contributed by atoms with Gasteiger partial charge in [0, 0.05) is 49.7 Å². The van der Waals surface area contributed by atoms with Crippen molar-refractivity contribution >= 4 is 43.3 Å². The summed E-state index contributed by atoms with van der Waals surface area (Å²) in [5, 5.41) is 13.8. The van der Waals surface area contributed by atoms with Gasteiger partial charge in [0.15, 0.2) is 5.13 Å². The van der Waals surface area contributed by atoms with Crippen molar-refractivity contribution in [1.82, 2.24) is 24.8 Å². The molecule has 2 bridgehead atoms. The van der Waals surface area contributed by atoms with Crippen LogP contribution in [0.15, 0.2) is 23.0 Å². The molecule has 5 atom stereocenters. The third-order valence-corrected chi connectivity index (χ3v) is 11.2. The summed E-state index contributed by atoms with van der Waals surface area (Å²) in [7, 11) is 1.38. The molecule has 15 heteroatoms. The minimum absolute atomic E-state index is 0.0351. The molecule has 4 aromatic rings. The number of nitrogens with two attached hydrogens (primary N) is 1. The number of piperazine rings is 1. The van der Waals surface area contributed by atoms with E-state index in [2.05, 4.69) is 26.3 Å². The molecule has 5 aliphatic rings. The number of nitrogens with zero attached hydrogens (tertiary/aromatic N) is 6. The number of rotatable bonds is 4. The lowest BCUT2D eigenvalue weighted by molar-refractivity contribution is 0.100. The lowest BCUT2D eigenvalue weighted by Gasteiger charge is -2.35. The van der Waals surface area contributed by atoms with Gasteiger partial charge < -0.3 is 20.7 Å². The number of alkyl halides is 3. The molecule has 0 amide bonds. The van der Waals surface area contributed by atoms with Gasteiger partial charge in [0.25, 0.3) is 11.5 Å². The molecule has 0 radical (unpaired) electrons. The zero-order valence-electron chi connectivity index (χ0n) is 26.2. The minimum atomic E-state index is -3.10. The fraction of sp³-hybridized carbons (Fsp3) is 0.515. The molecule has 252 valence electrons. The monoisotopic (exact) mass is 682 g/mol. The number of anilines is 2. The van der Waals surface area contributed by atoms with E-state index < -0.39 is 35.9 Å². The average molecular weight is 683 g/mol. The molecule has 1 aromatic carbocycles. The maximum absolute atomic E-state index is 14.6. The van der Waals surface area contributed by atoms with Crippen molar-refractivity contribution in [2.45, 2.75) is 74.8 Å². The molecular weight excluding hydrogens is 648 g/mol. The van der Waals surface area contributed by atoms with Crippen LogP contribution in [0.4, 0.5) is 28.4 Å². The molecule has 1 saturated carbocycles. The Morgan fingerprint density at radius 2 is 1.92 bits per heavy atom. The largest absolute Gasteiger partial charge is 0.480 e. The fourth-order valence-electron chi connectivity index (χ4n) is 8.08. The molecule has 5 fully saturated rings. The van der Waals surface area contributed by atoms with Gasteiger partial charge in [-0.05, 0) is 56.8 Å². The van der Waals surface area contributed by atoms with E-state index in [1.165, 1.54) is 38.2 Å². The summed E-state index contributed by atoms with van der Waals surface area (Å²) in [5.41, 5.74) is 6.36. The van der Waals surface area contributed by atoms with Crippen LogP contribution in [0, 0.1) is 17.1 Å². The number of hydrogen-bond acceptors (Lipinski definition) is 10. The van der Waals surface area contributed by atoms with E-state index in [0.717, 1.165) is 41.7 Å². The zero-order chi connectivity index (χ0) is 33.5. The van der Waals surface area contributed by atoms with Gasteiger partial charge in [0.2, 0.25) is 5.88 Å². The summed E-state index contributed by atoms with van der Waals surface area (Å²) >= 11 is 0.935. The average Bonchev–Trinajstić information content (AvgIpc) is 3.55. The summed E-state index contributed by atoms with van der Waals surface area (Å²) in [6.45, 7) is 2.95. The second-order valence-electron chi connectivity index (χ2n) is 13.4. The minimum Gasteiger partial charge on any atom is -0.480 e. The number of thiazole rings is 1. The van der Waals surface area contributed by atoms with Crippen LogP contribution in [0.1, 0.15) is 50.1 Å². The number of halogens is 4. The normalized spacial score (nSPS) is 27.2. The second-order valence-corrected chi connectivity index (χ2v) is 14.4. The van der Waals surface area contributed by atoms with Gasteiger partial charge >= 0.3 is 0 Å². The van der Waals surface area contributed by atoms with Crippen LogP contribution in [0.2, 0.25) is 0 Å². The van der Waals surface area contributed by atoms with Gasteiger partial charge in [-0.15, -0.1) is 0 Å². The molecule has 4 saturated heterocycles. The van der Waals surface area contributed by atoms with E-state index >= 15 is 0 Å². The summed E-state index contributed by atoms with van der Waals surface area (Å²) < 4.78 is 63.1. The number of aromatic nitrogens is 3. The van der Waals surface area contributed by atoms with Crippen molar-refractivity contribution < 1.29 is 22.3 Å². The number of nitrogens with one attached hydrogen (secondary N) is 1. The van der Waals surface area contributed by atoms with Crippen molar-refractivity contribution in [3.05, 3.63) is 39.9 Å². The highest BCUT2D eigenvalue weighted by atomic mass is 32.1. The molecular formula is C33H34F4N8O2S. The van der Waals surface area contributed by atoms with Crippen molar-refractivity contribution in [2.75, 3.05) is 43.9 Å². The lowest BCUT2D eigenvalue weighted by atomic mass is 10.0. The molecule has 1 aliphatic carbocycles. The maximum atomic E-state index is 14.6. The van der Waals surface area contributed by atoms with Gasteiger partial charge in [0.05, 0.1) is 39.6 Å². The fourth-order valence-corrected chi connectivity index (χ4v) is 8.84. The number of methoxy groups -OCH3 is 1. The quantitative estimate of drug-likeness (QED) is 0.287. The van der Waals surface area contributed by atoms with Gasteiger partial charge in [-0.25, -0.2) is 27.5 Å². The van der Waals surface area contributed by atoms with E-state index in [1.807, 2.05) is 4.90 Å². The van der Waals surface area contributed by atoms with Gasteiger partial charge in [0.1, 0.15) is 29.7 Å². The molecule has 0 spiro atoms. The third kappa shape index (κ3) is 5.16. The van der Waals surface area contributed by atoms with Crippen LogP contribution in [0.25, 0.3) is 32.4 Å². The number of pyridine rings is 2. The standard InChI is InChI=1S/C26H22F3N7O2S.C7H12FN/c1-38-23-14(8-30)21(35-9-11-2-3-12(10-35)32-11)19-16(33-23)6-17(36(24(19)37)18-7-26(18,28)29)13-4-5-15(27)22-20(13)34-25(31)39-22;8-6-4-7-2-1-3-9(7)5-6/h4-6,11-12,18,32H,2-3,7,9-10H2,1H3,(H2,31,34);6-7H,1-5H2. The Morgan fingerprint density at radius 3 is 2.58 bits per heavy atom. The number of fused-ring (bicyclic) bond motifs is 5. The first-order valence-corrected chi connectivity index (χ1v) is 17.1. The van der Waals surface area contributed by atoms with E-state index in [1.54, 1.807) is 0 Å². The number of nitrogen functional groups attached to an aromatic ring is 1. The molecule has 7 heterocycles. The zero-order valence-corrected chi connectivity index (χ0v) is 27.0. The van der Waals surface area contributed by atoms with Crippen LogP contribution in [0.5, 0.6) is 5.88 Å². The Hall–Kier alpha value is -4.00. The number of ether oxygens (including phenoxy) is 1. The molecule has 48 heavy (non-hydrogen) atoms. The summed E-state index contributed by atoms with van der Waals surface area (Å²) in [5.74, 6) is -3.62. The molecule has 10 nitrogen and oxygen atoms in total. The number of nitriles is 1. The van der Waals surface area contributed by atoms with Crippen LogP contribution in [0.3, 0.4) is 0 Å². The van der Waals surface area contributed by atoms with Crippen LogP contribution in [-0.4, -0.2) is 82.9 Å². The van der Waals surface area contributed by atoms with Crippen LogP contribution in [-0.2, 0) is 0 Å². The highest BCUT2D eigenvalue weighted by Crippen LogP contribution is 2.54. The van der Waals surface area contributed by atoms with Crippen molar-refractivity contribution in [3.8, 4) is 23.2 Å². The Kier molecular flexibility index (Phi) is 7.53. The predicted octanol–water partition coefficient (Wildman–Crippen LogP) is 4.99. The van der Waals surface area contributed by atoms with E-state index in [4.69, 9.17) is 10.5 Å². The molecule has 4 aliphatic heterocycles. The molecule has 5 unspecified atom stereocenters. The van der Waals surface area contributed by atoms with E-state index in [9.17, 15) is 27.6 Å². The number of hydrogen-bond donors (Lipinski definition) is 2. The highest BCUT2D eigenvalue weighted by Gasteiger charge is 2.59. The summed E-state index contributed by atoms with van der Waals surface area (Å²) in [4.78, 5) is 27.3. The molecule has 9 rings (SSSR count).